The van der Waals surface area contributed by atoms with Gasteiger partial charge in [0.1, 0.15) is 5.54 Å². The maximum absolute atomic E-state index is 10.1. The van der Waals surface area contributed by atoms with Gasteiger partial charge in [0, 0.05) is 18.3 Å². The molecule has 1 unspecified atom stereocenters. The van der Waals surface area contributed by atoms with E-state index in [4.69, 9.17) is 0 Å². The SMILES string of the molecule is C=C[C@H](O)[C@H]1N(C(C)C)[C@@]1(C=NC(C)C)[C@H](C)O. The highest BCUT2D eigenvalue weighted by atomic mass is 16.3. The Morgan fingerprint density at radius 2 is 1.78 bits per heavy atom. The van der Waals surface area contributed by atoms with Crippen molar-refractivity contribution in [2.24, 2.45) is 4.99 Å². The predicted molar refractivity (Wildman–Crippen MR) is 75.0 cm³/mol. The molecule has 5 atom stereocenters. The summed E-state index contributed by atoms with van der Waals surface area (Å²) in [6.07, 6.45) is 2.09. The zero-order valence-electron chi connectivity index (χ0n) is 12.0. The first-order valence-corrected chi connectivity index (χ1v) is 6.60. The Morgan fingerprint density at radius 1 is 1.22 bits per heavy atom. The average Bonchev–Trinajstić information content (AvgIpc) is 2.96. The summed E-state index contributed by atoms with van der Waals surface area (Å²) in [5.74, 6) is 0. The molecule has 104 valence electrons. The van der Waals surface area contributed by atoms with Crippen LogP contribution >= 0.6 is 0 Å². The van der Waals surface area contributed by atoms with E-state index in [2.05, 4.69) is 30.3 Å². The van der Waals surface area contributed by atoms with E-state index in [0.717, 1.165) is 0 Å². The fourth-order valence-corrected chi connectivity index (χ4v) is 2.68. The normalized spacial score (nSPS) is 35.2. The van der Waals surface area contributed by atoms with Crippen LogP contribution < -0.4 is 0 Å². The van der Waals surface area contributed by atoms with Gasteiger partial charge in [0.15, 0.2) is 0 Å². The van der Waals surface area contributed by atoms with Crippen molar-refractivity contribution in [3.8, 4) is 0 Å². The lowest BCUT2D eigenvalue weighted by Crippen LogP contribution is -2.37. The predicted octanol–water partition coefficient (Wildman–Crippen LogP) is 1.22. The molecule has 0 spiro atoms. The van der Waals surface area contributed by atoms with Gasteiger partial charge in [-0.2, -0.15) is 0 Å². The molecular formula is C14H26N2O2. The van der Waals surface area contributed by atoms with E-state index >= 15 is 0 Å². The van der Waals surface area contributed by atoms with Gasteiger partial charge >= 0.3 is 0 Å². The Hall–Kier alpha value is -0.710. The lowest BCUT2D eigenvalue weighted by molar-refractivity contribution is 0.145. The Kier molecular flexibility index (Phi) is 4.70. The van der Waals surface area contributed by atoms with Gasteiger partial charge in [-0.05, 0) is 34.6 Å². The van der Waals surface area contributed by atoms with Crippen molar-refractivity contribution in [2.75, 3.05) is 0 Å². The van der Waals surface area contributed by atoms with E-state index in [1.807, 2.05) is 13.8 Å². The molecule has 4 nitrogen and oxygen atoms in total. The van der Waals surface area contributed by atoms with Crippen molar-refractivity contribution < 1.29 is 10.2 Å². The highest BCUT2D eigenvalue weighted by Gasteiger charge is 2.67. The molecule has 1 aliphatic rings. The molecule has 4 heteroatoms. The average molecular weight is 254 g/mol. The Labute approximate surface area is 110 Å². The van der Waals surface area contributed by atoms with Crippen molar-refractivity contribution in [3.63, 3.8) is 0 Å². The molecule has 0 amide bonds. The minimum Gasteiger partial charge on any atom is -0.391 e. The Bertz CT molecular complexity index is 326. The molecule has 1 heterocycles. The monoisotopic (exact) mass is 254 g/mol. The summed E-state index contributed by atoms with van der Waals surface area (Å²) in [5, 5.41) is 20.1. The number of aliphatic hydroxyl groups is 2. The highest BCUT2D eigenvalue weighted by molar-refractivity contribution is 5.78. The number of aliphatic imine (C=N–C) groups is 1. The molecule has 1 saturated heterocycles. The van der Waals surface area contributed by atoms with Crippen molar-refractivity contribution in [1.82, 2.24) is 4.90 Å². The summed E-state index contributed by atoms with van der Waals surface area (Å²) in [7, 11) is 0. The largest absolute Gasteiger partial charge is 0.391 e. The van der Waals surface area contributed by atoms with Gasteiger partial charge < -0.3 is 10.2 Å². The topological polar surface area (TPSA) is 55.8 Å². The summed E-state index contributed by atoms with van der Waals surface area (Å²) in [6.45, 7) is 13.5. The van der Waals surface area contributed by atoms with Gasteiger partial charge in [-0.15, -0.1) is 6.58 Å². The van der Waals surface area contributed by atoms with Gasteiger partial charge in [0.05, 0.1) is 18.2 Å². The van der Waals surface area contributed by atoms with Crippen molar-refractivity contribution in [1.29, 1.82) is 0 Å². The first-order valence-electron chi connectivity index (χ1n) is 6.60. The lowest BCUT2D eigenvalue weighted by atomic mass is 9.97. The number of nitrogens with zero attached hydrogens (tertiary/aromatic N) is 2. The van der Waals surface area contributed by atoms with Crippen LogP contribution in [0.5, 0.6) is 0 Å². The molecule has 2 N–H and O–H groups in total. The molecular weight excluding hydrogens is 228 g/mol. The minimum atomic E-state index is -0.652. The van der Waals surface area contributed by atoms with Crippen molar-refractivity contribution in [3.05, 3.63) is 12.7 Å². The maximum Gasteiger partial charge on any atom is 0.101 e. The van der Waals surface area contributed by atoms with Crippen LogP contribution in [0.15, 0.2) is 17.6 Å². The molecule has 0 aliphatic carbocycles. The first-order chi connectivity index (χ1) is 8.28. The Balaban J connectivity index is 3.06. The smallest absolute Gasteiger partial charge is 0.101 e. The van der Waals surface area contributed by atoms with E-state index in [9.17, 15) is 10.2 Å². The van der Waals surface area contributed by atoms with Crippen LogP contribution in [0.25, 0.3) is 0 Å². The van der Waals surface area contributed by atoms with Crippen LogP contribution in [-0.2, 0) is 0 Å². The van der Waals surface area contributed by atoms with Crippen LogP contribution in [0, 0.1) is 0 Å². The summed E-state index contributed by atoms with van der Waals surface area (Å²) in [6, 6.07) is 0.270. The third-order valence-electron chi connectivity index (χ3n) is 3.52. The summed E-state index contributed by atoms with van der Waals surface area (Å²) < 4.78 is 0. The third kappa shape index (κ3) is 2.51. The van der Waals surface area contributed by atoms with E-state index < -0.39 is 17.7 Å². The number of aliphatic hydroxyl groups excluding tert-OH is 2. The minimum absolute atomic E-state index is 0.141. The second-order valence-electron chi connectivity index (χ2n) is 5.61. The van der Waals surface area contributed by atoms with Gasteiger partial charge in [0.25, 0.3) is 0 Å². The first kappa shape index (κ1) is 15.3. The van der Waals surface area contributed by atoms with Crippen molar-refractivity contribution in [2.45, 2.75) is 70.5 Å². The third-order valence-corrected chi connectivity index (χ3v) is 3.52. The molecule has 1 fully saturated rings. The fourth-order valence-electron chi connectivity index (χ4n) is 2.68. The van der Waals surface area contributed by atoms with Crippen LogP contribution in [-0.4, -0.2) is 57.2 Å². The molecule has 0 radical (unpaired) electrons. The highest BCUT2D eigenvalue weighted by Crippen LogP contribution is 2.46. The lowest BCUT2D eigenvalue weighted by Gasteiger charge is -2.19. The molecule has 1 aliphatic heterocycles. The molecule has 1 rings (SSSR count). The van der Waals surface area contributed by atoms with Gasteiger partial charge in [-0.3, -0.25) is 9.89 Å². The zero-order chi connectivity index (χ0) is 14.1. The van der Waals surface area contributed by atoms with Crippen molar-refractivity contribution >= 4 is 6.21 Å². The summed E-state index contributed by atoms with van der Waals surface area (Å²) in [5.41, 5.74) is -0.563. The quantitative estimate of drug-likeness (QED) is 0.426. The van der Waals surface area contributed by atoms with Gasteiger partial charge in [-0.25, -0.2) is 0 Å². The second-order valence-corrected chi connectivity index (χ2v) is 5.61. The zero-order valence-corrected chi connectivity index (χ0v) is 12.0. The fraction of sp³-hybridized carbons (Fsp3) is 0.786. The summed E-state index contributed by atoms with van der Waals surface area (Å²) >= 11 is 0. The Morgan fingerprint density at radius 3 is 2.11 bits per heavy atom. The number of rotatable bonds is 6. The van der Waals surface area contributed by atoms with E-state index in [0.29, 0.717) is 0 Å². The summed E-state index contributed by atoms with van der Waals surface area (Å²) in [4.78, 5) is 6.50. The van der Waals surface area contributed by atoms with Gasteiger partial charge in [0.2, 0.25) is 0 Å². The molecule has 18 heavy (non-hydrogen) atoms. The van der Waals surface area contributed by atoms with E-state index in [-0.39, 0.29) is 18.1 Å². The van der Waals surface area contributed by atoms with Crippen LogP contribution in [0.4, 0.5) is 0 Å². The number of hydrogen-bond donors (Lipinski definition) is 2. The van der Waals surface area contributed by atoms with E-state index in [1.54, 1.807) is 13.1 Å². The van der Waals surface area contributed by atoms with Gasteiger partial charge in [-0.1, -0.05) is 6.08 Å². The van der Waals surface area contributed by atoms with Crippen LogP contribution in [0.3, 0.4) is 0 Å². The molecule has 0 aromatic rings. The number of hydrogen-bond acceptors (Lipinski definition) is 4. The van der Waals surface area contributed by atoms with Crippen LogP contribution in [0.2, 0.25) is 0 Å². The maximum atomic E-state index is 10.1. The van der Waals surface area contributed by atoms with Crippen LogP contribution in [0.1, 0.15) is 34.6 Å². The molecule has 0 saturated carbocycles. The molecule has 0 aromatic carbocycles. The second kappa shape index (κ2) is 5.51. The molecule has 0 aromatic heterocycles. The van der Waals surface area contributed by atoms with E-state index in [1.165, 1.54) is 6.08 Å². The standard InChI is InChI=1S/C14H26N2O2/c1-7-12(18)13-14(11(6)17,8-15-9(2)3)16(13)10(4)5/h7-13,17-18H,1H2,2-6H3/t11-,12-,13+,14-,16?/m0/s1. The molecule has 0 bridgehead atoms.